The van der Waals surface area contributed by atoms with E-state index in [4.69, 9.17) is 4.74 Å². The minimum Gasteiger partial charge on any atom is -0.495 e. The van der Waals surface area contributed by atoms with E-state index in [9.17, 15) is 13.2 Å². The van der Waals surface area contributed by atoms with Crippen molar-refractivity contribution in [1.82, 2.24) is 4.98 Å². The van der Waals surface area contributed by atoms with E-state index < -0.39 is 10.0 Å². The number of thiazole rings is 1. The van der Waals surface area contributed by atoms with Crippen LogP contribution in [-0.4, -0.2) is 33.5 Å². The zero-order valence-corrected chi connectivity index (χ0v) is 19.6. The van der Waals surface area contributed by atoms with E-state index in [0.29, 0.717) is 22.1 Å². The van der Waals surface area contributed by atoms with Gasteiger partial charge in [-0.3, -0.25) is 14.4 Å². The van der Waals surface area contributed by atoms with Crippen molar-refractivity contribution in [3.8, 4) is 16.3 Å². The number of rotatable bonds is 7. The van der Waals surface area contributed by atoms with E-state index in [0.717, 1.165) is 14.9 Å². The van der Waals surface area contributed by atoms with Gasteiger partial charge < -0.3 is 4.74 Å². The van der Waals surface area contributed by atoms with Crippen LogP contribution in [0.5, 0.6) is 5.75 Å². The normalized spacial score (nSPS) is 11.2. The molecule has 2 heterocycles. The summed E-state index contributed by atoms with van der Waals surface area (Å²) in [7, 11) is -0.891. The van der Waals surface area contributed by atoms with Crippen LogP contribution >= 0.6 is 22.7 Å². The quantitative estimate of drug-likeness (QED) is 0.400. The number of methoxy groups -OCH3 is 1. The van der Waals surface area contributed by atoms with Gasteiger partial charge in [0.05, 0.1) is 28.3 Å². The van der Waals surface area contributed by atoms with Gasteiger partial charge in [-0.1, -0.05) is 18.2 Å². The van der Waals surface area contributed by atoms with Crippen LogP contribution in [0, 0.1) is 0 Å². The van der Waals surface area contributed by atoms with Crippen LogP contribution in [0.4, 0.5) is 10.8 Å². The van der Waals surface area contributed by atoms with Crippen LogP contribution in [0.25, 0.3) is 10.6 Å². The number of carbonyl (C=O) groups excluding carboxylic acids is 1. The molecule has 1 amide bonds. The average molecular weight is 486 g/mol. The van der Waals surface area contributed by atoms with Crippen LogP contribution in [0.15, 0.2) is 76.3 Å². The largest absolute Gasteiger partial charge is 0.495 e. The predicted molar refractivity (Wildman–Crippen MR) is 128 cm³/mol. The van der Waals surface area contributed by atoms with Gasteiger partial charge in [0.15, 0.2) is 5.13 Å². The van der Waals surface area contributed by atoms with Crippen molar-refractivity contribution in [3.63, 3.8) is 0 Å². The molecule has 4 aromatic rings. The van der Waals surface area contributed by atoms with Gasteiger partial charge in [0.25, 0.3) is 15.9 Å². The highest BCUT2D eigenvalue weighted by atomic mass is 32.2. The fourth-order valence-electron chi connectivity index (χ4n) is 2.99. The molecule has 0 spiro atoms. The van der Waals surface area contributed by atoms with E-state index in [-0.39, 0.29) is 10.8 Å². The Morgan fingerprint density at radius 3 is 2.47 bits per heavy atom. The molecule has 1 N–H and O–H groups in total. The Balaban J connectivity index is 1.50. The molecule has 0 fully saturated rings. The van der Waals surface area contributed by atoms with Gasteiger partial charge in [-0.25, -0.2) is 13.4 Å². The summed E-state index contributed by atoms with van der Waals surface area (Å²) in [5, 5.41) is 7.08. The second-order valence-electron chi connectivity index (χ2n) is 6.64. The lowest BCUT2D eigenvalue weighted by Gasteiger charge is -2.21. The molecule has 10 heteroatoms. The second kappa shape index (κ2) is 9.11. The summed E-state index contributed by atoms with van der Waals surface area (Å²) < 4.78 is 32.5. The number of sulfonamides is 1. The first kappa shape index (κ1) is 22.0. The van der Waals surface area contributed by atoms with E-state index >= 15 is 0 Å². The summed E-state index contributed by atoms with van der Waals surface area (Å²) in [6.45, 7) is 0. The number of aromatic nitrogens is 1. The standard InChI is InChI=1S/C22H19N3O4S3/c1-25(18-6-3-4-7-19(18)29-2)32(27,28)16-11-9-15(10-12-16)21(26)24-22-23-17(14-31-22)20-8-5-13-30-20/h3-14H,1-2H3,(H,23,24,26). The smallest absolute Gasteiger partial charge is 0.264 e. The summed E-state index contributed by atoms with van der Waals surface area (Å²) in [6, 6.07) is 16.5. The summed E-state index contributed by atoms with van der Waals surface area (Å²) in [6.07, 6.45) is 0. The topological polar surface area (TPSA) is 88.6 Å². The lowest BCUT2D eigenvalue weighted by Crippen LogP contribution is -2.27. The molecule has 2 aromatic carbocycles. The molecule has 164 valence electrons. The highest BCUT2D eigenvalue weighted by Crippen LogP contribution is 2.31. The number of thiophene rings is 1. The molecule has 32 heavy (non-hydrogen) atoms. The second-order valence-corrected chi connectivity index (χ2v) is 10.4. The maximum atomic E-state index is 13.1. The molecule has 4 rings (SSSR count). The number of para-hydroxylation sites is 2. The zero-order chi connectivity index (χ0) is 22.7. The van der Waals surface area contributed by atoms with Crippen LogP contribution in [0.2, 0.25) is 0 Å². The number of nitrogens with zero attached hydrogens (tertiary/aromatic N) is 2. The van der Waals surface area contributed by atoms with Crippen molar-refractivity contribution >= 4 is 49.4 Å². The molecule has 2 aromatic heterocycles. The van der Waals surface area contributed by atoms with Gasteiger partial charge >= 0.3 is 0 Å². The number of hydrogen-bond donors (Lipinski definition) is 1. The molecule has 7 nitrogen and oxygen atoms in total. The fraction of sp³-hybridized carbons (Fsp3) is 0.0909. The van der Waals surface area contributed by atoms with Crippen molar-refractivity contribution < 1.29 is 17.9 Å². The summed E-state index contributed by atoms with van der Waals surface area (Å²) in [5.41, 5.74) is 1.56. The Labute approximate surface area is 194 Å². The molecule has 0 unspecified atom stereocenters. The number of carbonyl (C=O) groups is 1. The highest BCUT2D eigenvalue weighted by molar-refractivity contribution is 7.92. The Kier molecular flexibility index (Phi) is 6.26. The summed E-state index contributed by atoms with van der Waals surface area (Å²) in [4.78, 5) is 18.1. The van der Waals surface area contributed by atoms with Crippen molar-refractivity contribution in [3.05, 3.63) is 77.0 Å². The molecule has 0 saturated carbocycles. The zero-order valence-electron chi connectivity index (χ0n) is 17.2. The minimum atomic E-state index is -3.84. The number of hydrogen-bond acceptors (Lipinski definition) is 7. The molecule has 0 aliphatic heterocycles. The number of ether oxygens (including phenoxy) is 1. The van der Waals surface area contributed by atoms with E-state index in [2.05, 4.69) is 10.3 Å². The van der Waals surface area contributed by atoms with Gasteiger partial charge in [0.1, 0.15) is 5.75 Å². The Hall–Kier alpha value is -3.21. The fourth-order valence-corrected chi connectivity index (χ4v) is 5.67. The number of amides is 1. The van der Waals surface area contributed by atoms with E-state index in [1.807, 2.05) is 22.9 Å². The first-order valence-corrected chi connectivity index (χ1v) is 12.6. The van der Waals surface area contributed by atoms with E-state index in [1.54, 1.807) is 35.6 Å². The van der Waals surface area contributed by atoms with Crippen LogP contribution in [-0.2, 0) is 10.0 Å². The maximum Gasteiger partial charge on any atom is 0.264 e. The summed E-state index contributed by atoms with van der Waals surface area (Å²) >= 11 is 2.91. The molecule has 0 aliphatic carbocycles. The summed E-state index contributed by atoms with van der Waals surface area (Å²) in [5.74, 6) is 0.0825. The minimum absolute atomic E-state index is 0.0664. The van der Waals surface area contributed by atoms with Crippen molar-refractivity contribution in [1.29, 1.82) is 0 Å². The highest BCUT2D eigenvalue weighted by Gasteiger charge is 2.24. The predicted octanol–water partition coefficient (Wildman–Crippen LogP) is 4.96. The van der Waals surface area contributed by atoms with Gasteiger partial charge in [-0.05, 0) is 47.8 Å². The third-order valence-electron chi connectivity index (χ3n) is 4.70. The molecule has 0 atom stereocenters. The molecular formula is C22H19N3O4S3. The van der Waals surface area contributed by atoms with Crippen molar-refractivity contribution in [2.75, 3.05) is 23.8 Å². The van der Waals surface area contributed by atoms with Crippen LogP contribution in [0.1, 0.15) is 10.4 Å². The van der Waals surface area contributed by atoms with Crippen LogP contribution in [0.3, 0.4) is 0 Å². The number of anilines is 2. The van der Waals surface area contributed by atoms with E-state index in [1.165, 1.54) is 49.8 Å². The first-order valence-electron chi connectivity index (χ1n) is 9.43. The van der Waals surface area contributed by atoms with Gasteiger partial charge in [0.2, 0.25) is 0 Å². The van der Waals surface area contributed by atoms with Gasteiger partial charge in [-0.2, -0.15) is 0 Å². The number of nitrogens with one attached hydrogen (secondary N) is 1. The molecular weight excluding hydrogens is 466 g/mol. The lowest BCUT2D eigenvalue weighted by molar-refractivity contribution is 0.102. The van der Waals surface area contributed by atoms with Gasteiger partial charge in [0, 0.05) is 18.0 Å². The SMILES string of the molecule is COc1ccccc1N(C)S(=O)(=O)c1ccc(C(=O)Nc2nc(-c3cccs3)cs2)cc1. The van der Waals surface area contributed by atoms with Crippen molar-refractivity contribution in [2.24, 2.45) is 0 Å². The Morgan fingerprint density at radius 2 is 1.78 bits per heavy atom. The average Bonchev–Trinajstić information content (AvgIpc) is 3.50. The van der Waals surface area contributed by atoms with Gasteiger partial charge in [-0.15, -0.1) is 22.7 Å². The lowest BCUT2D eigenvalue weighted by atomic mass is 10.2. The Bertz CT molecular complexity index is 1330. The molecule has 0 saturated heterocycles. The molecule has 0 bridgehead atoms. The Morgan fingerprint density at radius 1 is 1.03 bits per heavy atom. The van der Waals surface area contributed by atoms with Crippen molar-refractivity contribution in [2.45, 2.75) is 4.90 Å². The monoisotopic (exact) mass is 485 g/mol. The third kappa shape index (κ3) is 4.38. The van der Waals surface area contributed by atoms with Crippen LogP contribution < -0.4 is 14.4 Å². The molecule has 0 aliphatic rings. The maximum absolute atomic E-state index is 13.1. The first-order chi connectivity index (χ1) is 15.4. The molecule has 0 radical (unpaired) electrons. The third-order valence-corrected chi connectivity index (χ3v) is 8.13. The number of benzene rings is 2.